The van der Waals surface area contributed by atoms with Gasteiger partial charge in [-0.2, -0.15) is 0 Å². The van der Waals surface area contributed by atoms with Crippen LogP contribution in [0.3, 0.4) is 0 Å². The number of alkyl halides is 2. The van der Waals surface area contributed by atoms with E-state index in [9.17, 15) is 13.6 Å². The predicted molar refractivity (Wildman–Crippen MR) is 62.9 cm³/mol. The Balaban J connectivity index is 2.25. The van der Waals surface area contributed by atoms with E-state index in [2.05, 4.69) is 0 Å². The molecular weight excluding hydrogens is 242 g/mol. The maximum absolute atomic E-state index is 13.1. The first kappa shape index (κ1) is 12.6. The van der Waals surface area contributed by atoms with Gasteiger partial charge in [-0.3, -0.25) is 4.79 Å². The van der Waals surface area contributed by atoms with Crippen molar-refractivity contribution in [2.24, 2.45) is 0 Å². The van der Waals surface area contributed by atoms with Crippen LogP contribution in [0.1, 0.15) is 16.8 Å². The molecule has 0 saturated carbocycles. The van der Waals surface area contributed by atoms with Crippen LogP contribution in [0.15, 0.2) is 18.2 Å². The molecule has 1 heterocycles. The molecule has 0 atom stereocenters. The second-order valence-corrected chi connectivity index (χ2v) is 4.25. The summed E-state index contributed by atoms with van der Waals surface area (Å²) in [6.07, 6.45) is -0.303. The summed E-state index contributed by atoms with van der Waals surface area (Å²) >= 11 is 0. The van der Waals surface area contributed by atoms with Gasteiger partial charge in [0.25, 0.3) is 11.8 Å². The summed E-state index contributed by atoms with van der Waals surface area (Å²) in [6, 6.07) is 4.73. The largest absolute Gasteiger partial charge is 0.495 e. The Hall–Kier alpha value is -1.85. The number of carbonyl (C=O) groups excluding carboxylic acids is 1. The van der Waals surface area contributed by atoms with Gasteiger partial charge in [0.15, 0.2) is 0 Å². The summed E-state index contributed by atoms with van der Waals surface area (Å²) in [7, 11) is 1.43. The Labute approximate surface area is 103 Å². The summed E-state index contributed by atoms with van der Waals surface area (Å²) in [6.45, 7) is -0.509. The fraction of sp³-hybridized carbons (Fsp3) is 0.417. The molecule has 1 aromatic carbocycles. The topological polar surface area (TPSA) is 55.6 Å². The van der Waals surface area contributed by atoms with Crippen molar-refractivity contribution in [1.82, 2.24) is 4.90 Å². The second kappa shape index (κ2) is 4.44. The molecule has 0 bridgehead atoms. The fourth-order valence-electron chi connectivity index (χ4n) is 1.99. The quantitative estimate of drug-likeness (QED) is 0.820. The van der Waals surface area contributed by atoms with Crippen molar-refractivity contribution in [3.8, 4) is 5.75 Å². The monoisotopic (exact) mass is 256 g/mol. The first-order valence-corrected chi connectivity index (χ1v) is 5.54. The molecule has 4 nitrogen and oxygen atoms in total. The molecule has 0 radical (unpaired) electrons. The van der Waals surface area contributed by atoms with Gasteiger partial charge in [0.05, 0.1) is 24.9 Å². The number of nitrogens with two attached hydrogens (primary N) is 1. The lowest BCUT2D eigenvalue weighted by Crippen LogP contribution is -2.31. The van der Waals surface area contributed by atoms with Crippen molar-refractivity contribution in [1.29, 1.82) is 0 Å². The summed E-state index contributed by atoms with van der Waals surface area (Å²) in [5, 5.41) is 0. The normalized spacial score (nSPS) is 17.8. The Morgan fingerprint density at radius 1 is 1.50 bits per heavy atom. The Bertz CT molecular complexity index is 477. The van der Waals surface area contributed by atoms with E-state index in [4.69, 9.17) is 10.5 Å². The lowest BCUT2D eigenvalue weighted by Gasteiger charge is -2.18. The van der Waals surface area contributed by atoms with Gasteiger partial charge in [-0.1, -0.05) is 6.07 Å². The van der Waals surface area contributed by atoms with Crippen LogP contribution in [0, 0.1) is 0 Å². The second-order valence-electron chi connectivity index (χ2n) is 4.25. The van der Waals surface area contributed by atoms with Gasteiger partial charge in [-0.15, -0.1) is 0 Å². The highest BCUT2D eigenvalue weighted by atomic mass is 19.3. The number of methoxy groups -OCH3 is 1. The molecule has 1 saturated heterocycles. The molecule has 0 spiro atoms. The van der Waals surface area contributed by atoms with E-state index in [1.807, 2.05) is 0 Å². The molecule has 1 amide bonds. The first-order valence-electron chi connectivity index (χ1n) is 5.54. The van der Waals surface area contributed by atoms with Crippen LogP contribution < -0.4 is 10.5 Å². The molecule has 18 heavy (non-hydrogen) atoms. The third-order valence-corrected chi connectivity index (χ3v) is 2.97. The lowest BCUT2D eigenvalue weighted by atomic mass is 10.1. The van der Waals surface area contributed by atoms with Gasteiger partial charge in [0, 0.05) is 13.0 Å². The number of halogens is 2. The van der Waals surface area contributed by atoms with Gasteiger partial charge < -0.3 is 15.4 Å². The van der Waals surface area contributed by atoms with E-state index in [-0.39, 0.29) is 24.2 Å². The molecule has 98 valence electrons. The number of hydrogen-bond donors (Lipinski definition) is 1. The molecule has 1 aliphatic heterocycles. The molecule has 0 aromatic heterocycles. The van der Waals surface area contributed by atoms with Gasteiger partial charge in [0.1, 0.15) is 5.75 Å². The minimum Gasteiger partial charge on any atom is -0.495 e. The number of nitrogens with zero attached hydrogens (tertiary/aromatic N) is 1. The van der Waals surface area contributed by atoms with Crippen molar-refractivity contribution >= 4 is 11.6 Å². The lowest BCUT2D eigenvalue weighted by molar-refractivity contribution is 0.0120. The predicted octanol–water partition coefficient (Wildman–Crippen LogP) is 1.76. The SMILES string of the molecule is COc1cccc(C(=O)N2CCC(F)(F)C2)c1N. The minimum atomic E-state index is -2.80. The fourth-order valence-corrected chi connectivity index (χ4v) is 1.99. The van der Waals surface area contributed by atoms with Crippen LogP contribution in [0.25, 0.3) is 0 Å². The average Bonchev–Trinajstić information content (AvgIpc) is 2.69. The summed E-state index contributed by atoms with van der Waals surface area (Å²) in [5.74, 6) is -2.92. The number of ether oxygens (including phenoxy) is 1. The number of likely N-dealkylation sites (tertiary alicyclic amines) is 1. The smallest absolute Gasteiger partial charge is 0.267 e. The standard InChI is InChI=1S/C12H14F2N2O2/c1-18-9-4-2-3-8(10(9)15)11(17)16-6-5-12(13,14)7-16/h2-4H,5-7,15H2,1H3. The highest BCUT2D eigenvalue weighted by Crippen LogP contribution is 2.31. The van der Waals surface area contributed by atoms with E-state index in [1.165, 1.54) is 13.2 Å². The number of benzene rings is 1. The molecule has 2 N–H and O–H groups in total. The third-order valence-electron chi connectivity index (χ3n) is 2.97. The van der Waals surface area contributed by atoms with E-state index in [0.29, 0.717) is 5.75 Å². The van der Waals surface area contributed by atoms with Crippen molar-refractivity contribution in [2.45, 2.75) is 12.3 Å². The number of para-hydroxylation sites is 1. The van der Waals surface area contributed by atoms with E-state index < -0.39 is 18.4 Å². The molecule has 2 rings (SSSR count). The summed E-state index contributed by atoms with van der Waals surface area (Å²) in [5.41, 5.74) is 6.15. The zero-order valence-electron chi connectivity index (χ0n) is 9.95. The molecular formula is C12H14F2N2O2. The van der Waals surface area contributed by atoms with Crippen LogP contribution in [-0.2, 0) is 0 Å². The first-order chi connectivity index (χ1) is 8.44. The highest BCUT2D eigenvalue weighted by molar-refractivity contribution is 6.00. The number of nitrogen functional groups attached to an aromatic ring is 1. The van der Waals surface area contributed by atoms with Crippen LogP contribution in [0.4, 0.5) is 14.5 Å². The number of hydrogen-bond acceptors (Lipinski definition) is 3. The van der Waals surface area contributed by atoms with Gasteiger partial charge >= 0.3 is 0 Å². The van der Waals surface area contributed by atoms with Crippen molar-refractivity contribution in [3.05, 3.63) is 23.8 Å². The third kappa shape index (κ3) is 2.23. The van der Waals surface area contributed by atoms with E-state index >= 15 is 0 Å². The van der Waals surface area contributed by atoms with Gasteiger partial charge in [-0.05, 0) is 12.1 Å². The van der Waals surface area contributed by atoms with Crippen molar-refractivity contribution in [3.63, 3.8) is 0 Å². The van der Waals surface area contributed by atoms with Crippen molar-refractivity contribution < 1.29 is 18.3 Å². The van der Waals surface area contributed by atoms with E-state index in [1.54, 1.807) is 12.1 Å². The molecule has 0 unspecified atom stereocenters. The highest BCUT2D eigenvalue weighted by Gasteiger charge is 2.40. The number of anilines is 1. The molecule has 6 heteroatoms. The Kier molecular flexibility index (Phi) is 3.11. The Morgan fingerprint density at radius 2 is 2.22 bits per heavy atom. The summed E-state index contributed by atoms with van der Waals surface area (Å²) < 4.78 is 31.1. The number of carbonyl (C=O) groups is 1. The van der Waals surface area contributed by atoms with Crippen LogP contribution in [-0.4, -0.2) is 36.9 Å². The Morgan fingerprint density at radius 3 is 2.78 bits per heavy atom. The molecule has 1 aromatic rings. The molecule has 0 aliphatic carbocycles. The number of rotatable bonds is 2. The average molecular weight is 256 g/mol. The zero-order valence-corrected chi connectivity index (χ0v) is 9.95. The number of amides is 1. The van der Waals surface area contributed by atoms with Crippen LogP contribution in [0.5, 0.6) is 5.75 Å². The maximum Gasteiger partial charge on any atom is 0.267 e. The molecule has 1 aliphatic rings. The zero-order chi connectivity index (χ0) is 13.3. The van der Waals surface area contributed by atoms with Crippen LogP contribution in [0.2, 0.25) is 0 Å². The minimum absolute atomic E-state index is 0.0441. The van der Waals surface area contributed by atoms with Crippen LogP contribution >= 0.6 is 0 Å². The molecule has 1 fully saturated rings. The van der Waals surface area contributed by atoms with Crippen molar-refractivity contribution in [2.75, 3.05) is 25.9 Å². The van der Waals surface area contributed by atoms with E-state index in [0.717, 1.165) is 4.90 Å². The van der Waals surface area contributed by atoms with Gasteiger partial charge in [0.2, 0.25) is 0 Å². The maximum atomic E-state index is 13.1. The van der Waals surface area contributed by atoms with Gasteiger partial charge in [-0.25, -0.2) is 8.78 Å². The summed E-state index contributed by atoms with van der Waals surface area (Å²) in [4.78, 5) is 13.2.